The van der Waals surface area contributed by atoms with Gasteiger partial charge in [-0.15, -0.1) is 0 Å². The zero-order valence-corrected chi connectivity index (χ0v) is 35.6. The predicted octanol–water partition coefficient (Wildman–Crippen LogP) is 6.05. The summed E-state index contributed by atoms with van der Waals surface area (Å²) in [5.41, 5.74) is 1.97. The third kappa shape index (κ3) is 10.00. The molecule has 0 spiro atoms. The minimum atomic E-state index is -4.53. The van der Waals surface area contributed by atoms with Crippen molar-refractivity contribution in [1.29, 1.82) is 0 Å². The van der Waals surface area contributed by atoms with Gasteiger partial charge in [-0.25, -0.2) is 13.7 Å². The van der Waals surface area contributed by atoms with Gasteiger partial charge in [0.25, 0.3) is 0 Å². The second-order valence-corrected chi connectivity index (χ2v) is 17.6. The molecule has 0 bridgehead atoms. The van der Waals surface area contributed by atoms with Crippen molar-refractivity contribution in [2.75, 3.05) is 62.4 Å². The van der Waals surface area contributed by atoms with E-state index in [1.54, 1.807) is 42.3 Å². The molecule has 16 nitrogen and oxygen atoms in total. The molecule has 2 saturated heterocycles. The van der Waals surface area contributed by atoms with Crippen LogP contribution in [-0.4, -0.2) is 105 Å². The van der Waals surface area contributed by atoms with E-state index in [4.69, 9.17) is 47.0 Å². The van der Waals surface area contributed by atoms with Crippen LogP contribution in [0.25, 0.3) is 0 Å². The van der Waals surface area contributed by atoms with Gasteiger partial charge < -0.3 is 32.7 Å². The zero-order valence-electron chi connectivity index (χ0n) is 33.8. The highest BCUT2D eigenvalue weighted by Crippen LogP contribution is 2.54. The molecule has 3 N–H and O–H groups in total. The number of likely N-dealkylation sites (tertiary alicyclic amines) is 2. The summed E-state index contributed by atoms with van der Waals surface area (Å²) in [6.45, 7) is 4.46. The van der Waals surface area contributed by atoms with Crippen LogP contribution >= 0.6 is 15.6 Å². The lowest BCUT2D eigenvalue weighted by atomic mass is 9.68. The van der Waals surface area contributed by atoms with Crippen molar-refractivity contribution in [1.82, 2.24) is 9.80 Å². The average Bonchev–Trinajstić information content (AvgIpc) is 3.70. The summed E-state index contributed by atoms with van der Waals surface area (Å²) in [6.07, 6.45) is 8.08. The number of esters is 1. The number of benzene rings is 2. The van der Waals surface area contributed by atoms with Crippen LogP contribution in [0.4, 0.5) is 0 Å². The van der Waals surface area contributed by atoms with Gasteiger partial charge in [-0.05, 0) is 100 Å². The monoisotopic (exact) mass is 838 g/mol. The second-order valence-electron chi connectivity index (χ2n) is 15.1. The number of phosphoric acid groups is 2. The highest BCUT2D eigenvalue weighted by Gasteiger charge is 2.50. The van der Waals surface area contributed by atoms with E-state index in [-0.39, 0.29) is 28.8 Å². The van der Waals surface area contributed by atoms with Gasteiger partial charge in [0.1, 0.15) is 11.5 Å². The molecule has 2 aromatic carbocycles. The van der Waals surface area contributed by atoms with Crippen molar-refractivity contribution in [2.24, 2.45) is 5.92 Å². The SMILES string of the molecule is COc1ccc([C@@]23CCC(OP(=O)(O)O)=C[C@@H]2N(C)CC3)cc1OC.COc1ccc([C@@]23CCC(OP(=O)(O)OCOC(=O)C(C)C)=C[C@@H]2N(C)CC3)cc1OC. The van der Waals surface area contributed by atoms with E-state index in [2.05, 4.69) is 21.9 Å². The summed E-state index contributed by atoms with van der Waals surface area (Å²) in [4.78, 5) is 44.1. The summed E-state index contributed by atoms with van der Waals surface area (Å²) >= 11 is 0. The first-order chi connectivity index (χ1) is 26.9. The molecule has 0 radical (unpaired) electrons. The first-order valence-electron chi connectivity index (χ1n) is 18.8. The molecule has 316 valence electrons. The van der Waals surface area contributed by atoms with Crippen LogP contribution in [0.2, 0.25) is 0 Å². The highest BCUT2D eigenvalue weighted by molar-refractivity contribution is 7.47. The summed E-state index contributed by atoms with van der Waals surface area (Å²) < 4.78 is 65.0. The Morgan fingerprint density at radius 3 is 1.56 bits per heavy atom. The standard InChI is InChI=1S/C22H32NO8P.C17H24NO6P/c1-15(2)21(24)29-14-30-32(25,26)31-17-8-9-22(10-11-23(3)20(22)13-17)16-6-7-18(27-4)19(12-16)28-5;1-18-9-8-17(12-4-5-14(22-2)15(10-12)23-3)7-6-13(11-16(17)18)24-25(19,20)21/h6-7,12-13,15,20H,8-11,14H2,1-5H3,(H,25,26);4-5,10-11,16H,6-9H2,1-3H3,(H2,19,20,21)/t20-,22-;16-,17-/m00/s1. The van der Waals surface area contributed by atoms with Crippen molar-refractivity contribution in [2.45, 2.75) is 75.3 Å². The van der Waals surface area contributed by atoms with Crippen molar-refractivity contribution < 1.29 is 65.9 Å². The smallest absolute Gasteiger partial charge is 0.493 e. The number of fused-ring (bicyclic) bond motifs is 2. The summed E-state index contributed by atoms with van der Waals surface area (Å²) in [5.74, 6) is 2.58. The molecule has 0 aromatic heterocycles. The molecule has 5 atom stereocenters. The average molecular weight is 839 g/mol. The number of carbonyl (C=O) groups is 1. The highest BCUT2D eigenvalue weighted by atomic mass is 31.2. The largest absolute Gasteiger partial charge is 0.530 e. The lowest BCUT2D eigenvalue weighted by Crippen LogP contribution is -2.42. The fourth-order valence-electron chi connectivity index (χ4n) is 8.51. The Morgan fingerprint density at radius 2 is 1.16 bits per heavy atom. The fraction of sp³-hybridized carbons (Fsp3) is 0.564. The molecule has 2 heterocycles. The van der Waals surface area contributed by atoms with E-state index in [0.29, 0.717) is 47.4 Å². The van der Waals surface area contributed by atoms with Gasteiger partial charge in [-0.2, -0.15) is 0 Å². The number of carbonyl (C=O) groups excluding carboxylic acids is 1. The van der Waals surface area contributed by atoms with Crippen LogP contribution < -0.4 is 18.9 Å². The van der Waals surface area contributed by atoms with Gasteiger partial charge in [-0.3, -0.25) is 29.3 Å². The number of likely N-dealkylation sites (N-methyl/N-ethyl adjacent to an activating group) is 2. The molecule has 1 unspecified atom stereocenters. The van der Waals surface area contributed by atoms with Crippen LogP contribution in [-0.2, 0) is 43.1 Å². The Hall–Kier alpha value is -3.59. The molecular weight excluding hydrogens is 782 g/mol. The Balaban J connectivity index is 0.000000224. The van der Waals surface area contributed by atoms with Crippen LogP contribution in [0.1, 0.15) is 63.5 Å². The summed E-state index contributed by atoms with van der Waals surface area (Å²) in [5, 5.41) is 0. The molecule has 2 aliphatic heterocycles. The van der Waals surface area contributed by atoms with Gasteiger partial charge in [0.15, 0.2) is 23.0 Å². The van der Waals surface area contributed by atoms with Gasteiger partial charge in [0.2, 0.25) is 6.79 Å². The van der Waals surface area contributed by atoms with Gasteiger partial charge in [0.05, 0.1) is 34.4 Å². The number of methoxy groups -OCH3 is 4. The molecule has 0 saturated carbocycles. The van der Waals surface area contributed by atoms with Crippen molar-refractivity contribution in [3.8, 4) is 23.0 Å². The van der Waals surface area contributed by atoms with Crippen molar-refractivity contribution in [3.63, 3.8) is 0 Å². The predicted molar refractivity (Wildman–Crippen MR) is 210 cm³/mol. The van der Waals surface area contributed by atoms with E-state index < -0.39 is 28.4 Å². The summed E-state index contributed by atoms with van der Waals surface area (Å²) in [6, 6.07) is 11.9. The third-order valence-corrected chi connectivity index (χ3v) is 12.9. The number of hydrogen-bond donors (Lipinski definition) is 3. The lowest BCUT2D eigenvalue weighted by molar-refractivity contribution is -0.154. The molecule has 2 fully saturated rings. The quantitative estimate of drug-likeness (QED) is 0.113. The fourth-order valence-corrected chi connectivity index (χ4v) is 9.65. The van der Waals surface area contributed by atoms with E-state index in [1.165, 1.54) is 0 Å². The number of allylic oxidation sites excluding steroid dienone is 2. The van der Waals surface area contributed by atoms with Crippen molar-refractivity contribution >= 4 is 21.6 Å². The molecular formula is C39H56N2O14P2. The molecule has 6 rings (SSSR count). The van der Waals surface area contributed by atoms with E-state index in [1.807, 2.05) is 50.5 Å². The number of hydrogen-bond acceptors (Lipinski definition) is 13. The maximum Gasteiger partial charge on any atom is 0.530 e. The lowest BCUT2D eigenvalue weighted by Gasteiger charge is -2.40. The van der Waals surface area contributed by atoms with Crippen LogP contribution in [0.15, 0.2) is 60.1 Å². The molecule has 57 heavy (non-hydrogen) atoms. The number of nitrogens with zero attached hydrogens (tertiary/aromatic N) is 2. The van der Waals surface area contributed by atoms with E-state index >= 15 is 0 Å². The molecule has 2 aromatic rings. The third-order valence-electron chi connectivity index (χ3n) is 11.5. The zero-order chi connectivity index (χ0) is 41.8. The maximum atomic E-state index is 12.3. The minimum absolute atomic E-state index is 0.0147. The van der Waals surface area contributed by atoms with Gasteiger partial charge >= 0.3 is 21.6 Å². The maximum absolute atomic E-state index is 12.3. The topological polar surface area (TPSA) is 192 Å². The Labute approximate surface area is 334 Å². The normalized spacial score (nSPS) is 25.8. The first-order valence-corrected chi connectivity index (χ1v) is 21.8. The Bertz CT molecular complexity index is 1920. The number of phosphoric ester groups is 2. The minimum Gasteiger partial charge on any atom is -0.493 e. The number of rotatable bonds is 14. The first kappa shape index (κ1) is 44.5. The molecule has 18 heteroatoms. The number of ether oxygens (including phenoxy) is 5. The summed E-state index contributed by atoms with van der Waals surface area (Å²) in [7, 11) is 1.53. The second kappa shape index (κ2) is 18.1. The van der Waals surface area contributed by atoms with Crippen LogP contribution in [0, 0.1) is 5.92 Å². The van der Waals surface area contributed by atoms with Gasteiger partial charge in [0, 0.05) is 35.8 Å². The molecule has 0 amide bonds. The van der Waals surface area contributed by atoms with E-state index in [9.17, 15) is 18.8 Å². The molecule has 2 aliphatic carbocycles. The Morgan fingerprint density at radius 1 is 0.719 bits per heavy atom. The van der Waals surface area contributed by atoms with Crippen LogP contribution in [0.3, 0.4) is 0 Å². The molecule has 4 aliphatic rings. The van der Waals surface area contributed by atoms with Gasteiger partial charge in [-0.1, -0.05) is 26.0 Å². The van der Waals surface area contributed by atoms with Crippen molar-refractivity contribution in [3.05, 3.63) is 71.2 Å². The Kier molecular flexibility index (Phi) is 14.2. The van der Waals surface area contributed by atoms with Crippen LogP contribution in [0.5, 0.6) is 23.0 Å². The van der Waals surface area contributed by atoms with E-state index in [0.717, 1.165) is 49.9 Å².